The minimum atomic E-state index is -0.434. The van der Waals surface area contributed by atoms with Gasteiger partial charge in [0.25, 0.3) is 0 Å². The molecule has 0 aromatic carbocycles. The number of hydrogen-bond acceptors (Lipinski definition) is 6. The predicted octanol–water partition coefficient (Wildman–Crippen LogP) is 1.49. The van der Waals surface area contributed by atoms with Gasteiger partial charge in [0.1, 0.15) is 11.5 Å². The number of hydrogen-bond donors (Lipinski definition) is 0. The average Bonchev–Trinajstić information content (AvgIpc) is 2.97. The summed E-state index contributed by atoms with van der Waals surface area (Å²) in [7, 11) is 0. The number of carbonyl (C=O) groups is 1. The van der Waals surface area contributed by atoms with Crippen molar-refractivity contribution in [2.45, 2.75) is 31.3 Å². The first-order chi connectivity index (χ1) is 8.19. The summed E-state index contributed by atoms with van der Waals surface area (Å²) >= 11 is 1.62. The van der Waals surface area contributed by atoms with Crippen LogP contribution in [0.3, 0.4) is 0 Å². The van der Waals surface area contributed by atoms with Gasteiger partial charge in [-0.25, -0.2) is 0 Å². The van der Waals surface area contributed by atoms with Crippen LogP contribution >= 0.6 is 11.8 Å². The molecule has 17 heavy (non-hydrogen) atoms. The molecular formula is C11H14N2O3S. The Bertz CT molecular complexity index is 440. The Balaban J connectivity index is 1.85. The summed E-state index contributed by atoms with van der Waals surface area (Å²) in [6.07, 6.45) is 1.91. The maximum atomic E-state index is 11.6. The van der Waals surface area contributed by atoms with E-state index in [1.807, 2.05) is 6.92 Å². The Hall–Kier alpha value is -0.880. The number of ether oxygens (including phenoxy) is 1. The molecule has 2 atom stereocenters. The highest BCUT2D eigenvalue weighted by atomic mass is 32.2. The van der Waals surface area contributed by atoms with Gasteiger partial charge in [0.15, 0.2) is 5.78 Å². The van der Waals surface area contributed by atoms with Crippen molar-refractivity contribution in [1.29, 1.82) is 0 Å². The molecule has 0 bridgehead atoms. The number of Topliss-reactive ketones (excluding diaryl/α,β-unsaturated/α-hetero) is 1. The Morgan fingerprint density at radius 2 is 2.41 bits per heavy atom. The van der Waals surface area contributed by atoms with Gasteiger partial charge in [0.2, 0.25) is 11.7 Å². The van der Waals surface area contributed by atoms with Crippen molar-refractivity contribution in [3.05, 3.63) is 11.7 Å². The molecule has 2 aliphatic rings. The number of thioether (sulfide) groups is 1. The number of carbonyl (C=O) groups excluding carboxylic acids is 1. The van der Waals surface area contributed by atoms with Crippen molar-refractivity contribution in [2.24, 2.45) is 0 Å². The highest BCUT2D eigenvalue weighted by Gasteiger charge is 2.39. The molecule has 2 saturated heterocycles. The number of ketones is 1. The van der Waals surface area contributed by atoms with Gasteiger partial charge >= 0.3 is 0 Å². The van der Waals surface area contributed by atoms with Gasteiger partial charge in [0, 0.05) is 12.4 Å². The van der Waals surface area contributed by atoms with Crippen molar-refractivity contribution >= 4 is 17.5 Å². The molecule has 3 rings (SSSR count). The molecule has 0 amide bonds. The van der Waals surface area contributed by atoms with Crippen molar-refractivity contribution < 1.29 is 14.1 Å². The average molecular weight is 254 g/mol. The van der Waals surface area contributed by atoms with Crippen molar-refractivity contribution in [1.82, 2.24) is 10.1 Å². The summed E-state index contributed by atoms with van der Waals surface area (Å²) in [6, 6.07) is 0. The maximum absolute atomic E-state index is 11.6. The zero-order valence-corrected chi connectivity index (χ0v) is 10.5. The Labute approximate surface area is 103 Å². The zero-order valence-electron chi connectivity index (χ0n) is 9.64. The van der Waals surface area contributed by atoms with E-state index in [1.165, 1.54) is 0 Å². The molecule has 0 aliphatic carbocycles. The largest absolute Gasteiger partial charge is 0.367 e. The molecule has 2 aliphatic heterocycles. The maximum Gasteiger partial charge on any atom is 0.238 e. The summed E-state index contributed by atoms with van der Waals surface area (Å²) in [4.78, 5) is 16.0. The highest BCUT2D eigenvalue weighted by Crippen LogP contribution is 2.35. The van der Waals surface area contributed by atoms with E-state index in [0.717, 1.165) is 25.2 Å². The number of aromatic nitrogens is 2. The van der Waals surface area contributed by atoms with E-state index in [4.69, 9.17) is 9.26 Å². The Kier molecular flexibility index (Phi) is 2.71. The second kappa shape index (κ2) is 4.10. The van der Waals surface area contributed by atoms with Gasteiger partial charge in [-0.15, -0.1) is 0 Å². The minimum Gasteiger partial charge on any atom is -0.367 e. The summed E-state index contributed by atoms with van der Waals surface area (Å²) in [5.41, 5.74) is -0.434. The molecule has 1 aromatic rings. The molecule has 0 N–H and O–H groups in total. The van der Waals surface area contributed by atoms with Gasteiger partial charge in [-0.05, 0) is 19.8 Å². The van der Waals surface area contributed by atoms with Crippen LogP contribution in [0.2, 0.25) is 0 Å². The predicted molar refractivity (Wildman–Crippen MR) is 61.9 cm³/mol. The second-order valence-corrected chi connectivity index (χ2v) is 5.70. The molecule has 3 heterocycles. The van der Waals surface area contributed by atoms with Gasteiger partial charge < -0.3 is 9.26 Å². The fourth-order valence-electron chi connectivity index (χ4n) is 2.23. The first-order valence-corrected chi connectivity index (χ1v) is 6.93. The summed E-state index contributed by atoms with van der Waals surface area (Å²) in [6.45, 7) is 2.71. The number of rotatable bonds is 2. The summed E-state index contributed by atoms with van der Waals surface area (Å²) in [5.74, 6) is 2.30. The molecule has 2 fully saturated rings. The van der Waals surface area contributed by atoms with Crippen LogP contribution in [-0.2, 0) is 15.1 Å². The summed E-state index contributed by atoms with van der Waals surface area (Å²) < 4.78 is 10.9. The van der Waals surface area contributed by atoms with E-state index in [2.05, 4.69) is 10.1 Å². The monoisotopic (exact) mass is 254 g/mol. The van der Waals surface area contributed by atoms with Crippen LogP contribution in [0.25, 0.3) is 0 Å². The molecular weight excluding hydrogens is 240 g/mol. The van der Waals surface area contributed by atoms with E-state index in [9.17, 15) is 4.79 Å². The molecule has 0 saturated carbocycles. The first kappa shape index (κ1) is 11.2. The standard InChI is InChI=1S/C11H14N2O3S/c1-11(3-2-4-15-11)10-12-9(16-13-10)7-5-17-6-8(7)14/h7H,2-6H2,1H3. The van der Waals surface area contributed by atoms with Crippen LogP contribution in [0.5, 0.6) is 0 Å². The van der Waals surface area contributed by atoms with Gasteiger partial charge in [-0.3, -0.25) is 4.79 Å². The molecule has 0 radical (unpaired) electrons. The Morgan fingerprint density at radius 1 is 1.53 bits per heavy atom. The molecule has 5 nitrogen and oxygen atoms in total. The fraction of sp³-hybridized carbons (Fsp3) is 0.727. The topological polar surface area (TPSA) is 65.2 Å². The lowest BCUT2D eigenvalue weighted by Crippen LogP contribution is -2.22. The molecule has 92 valence electrons. The van der Waals surface area contributed by atoms with E-state index in [0.29, 0.717) is 17.5 Å². The van der Waals surface area contributed by atoms with Gasteiger partial charge in [0.05, 0.1) is 5.75 Å². The van der Waals surface area contributed by atoms with Crippen molar-refractivity contribution in [3.8, 4) is 0 Å². The van der Waals surface area contributed by atoms with Crippen LogP contribution < -0.4 is 0 Å². The van der Waals surface area contributed by atoms with E-state index in [1.54, 1.807) is 11.8 Å². The smallest absolute Gasteiger partial charge is 0.238 e. The lowest BCUT2D eigenvalue weighted by Gasteiger charge is -2.17. The van der Waals surface area contributed by atoms with Gasteiger partial charge in [-0.2, -0.15) is 16.7 Å². The van der Waals surface area contributed by atoms with E-state index >= 15 is 0 Å². The van der Waals surface area contributed by atoms with Crippen LogP contribution in [0.15, 0.2) is 4.52 Å². The van der Waals surface area contributed by atoms with E-state index < -0.39 is 5.60 Å². The van der Waals surface area contributed by atoms with Crippen LogP contribution in [-0.4, -0.2) is 34.0 Å². The Morgan fingerprint density at radius 3 is 3.06 bits per heavy atom. The molecule has 2 unspecified atom stereocenters. The van der Waals surface area contributed by atoms with Gasteiger partial charge in [-0.1, -0.05) is 5.16 Å². The lowest BCUT2D eigenvalue weighted by molar-refractivity contribution is -0.117. The second-order valence-electron chi connectivity index (χ2n) is 4.67. The molecule has 0 spiro atoms. The third kappa shape index (κ3) is 1.89. The minimum absolute atomic E-state index is 0.183. The third-order valence-electron chi connectivity index (χ3n) is 3.35. The molecule has 1 aromatic heterocycles. The van der Waals surface area contributed by atoms with Crippen molar-refractivity contribution in [2.75, 3.05) is 18.1 Å². The quantitative estimate of drug-likeness (QED) is 0.796. The first-order valence-electron chi connectivity index (χ1n) is 5.77. The summed E-state index contributed by atoms with van der Waals surface area (Å²) in [5, 5.41) is 3.98. The highest BCUT2D eigenvalue weighted by molar-refractivity contribution is 8.00. The zero-order chi connectivity index (χ0) is 11.9. The van der Waals surface area contributed by atoms with E-state index in [-0.39, 0.29) is 11.7 Å². The van der Waals surface area contributed by atoms with Crippen LogP contribution in [0.4, 0.5) is 0 Å². The lowest BCUT2D eigenvalue weighted by atomic mass is 10.0. The third-order valence-corrected chi connectivity index (χ3v) is 4.41. The van der Waals surface area contributed by atoms with Crippen LogP contribution in [0.1, 0.15) is 37.4 Å². The molecule has 6 heteroatoms. The number of nitrogens with zero attached hydrogens (tertiary/aromatic N) is 2. The SMILES string of the molecule is CC1(c2noc(C3CSCC3=O)n2)CCCO1. The van der Waals surface area contributed by atoms with Crippen molar-refractivity contribution in [3.63, 3.8) is 0 Å². The van der Waals surface area contributed by atoms with Crippen LogP contribution in [0, 0.1) is 0 Å². The fourth-order valence-corrected chi connectivity index (χ4v) is 3.31. The normalized spacial score (nSPS) is 33.5.